The topological polar surface area (TPSA) is 83.4 Å². The monoisotopic (exact) mass is 562 g/mol. The number of likely N-dealkylation sites (tertiary alicyclic amines) is 1. The van der Waals surface area contributed by atoms with Crippen LogP contribution in [-0.4, -0.2) is 69.9 Å². The first-order valence-electron chi connectivity index (χ1n) is 12.6. The molecule has 0 saturated carbocycles. The van der Waals surface area contributed by atoms with E-state index >= 15 is 0 Å². The fourth-order valence-corrected chi connectivity index (χ4v) is 4.96. The van der Waals surface area contributed by atoms with Gasteiger partial charge in [0.15, 0.2) is 0 Å². The molecule has 4 rings (SSSR count). The molecule has 39 heavy (non-hydrogen) atoms. The summed E-state index contributed by atoms with van der Waals surface area (Å²) in [5.74, 6) is -0.581. The highest BCUT2D eigenvalue weighted by atomic mass is 35.5. The van der Waals surface area contributed by atoms with E-state index in [0.29, 0.717) is 30.8 Å². The van der Waals surface area contributed by atoms with Crippen LogP contribution < -0.4 is 5.32 Å². The molecule has 1 aliphatic heterocycles. The van der Waals surface area contributed by atoms with Crippen LogP contribution >= 0.6 is 11.6 Å². The van der Waals surface area contributed by atoms with E-state index in [1.807, 2.05) is 19.0 Å². The van der Waals surface area contributed by atoms with Crippen LogP contribution in [0.4, 0.5) is 19.1 Å². The van der Waals surface area contributed by atoms with Crippen molar-refractivity contribution in [1.82, 2.24) is 24.3 Å². The molecule has 1 saturated heterocycles. The molecule has 2 aromatic heterocycles. The second kappa shape index (κ2) is 11.7. The zero-order valence-electron chi connectivity index (χ0n) is 21.9. The Morgan fingerprint density at radius 1 is 1.23 bits per heavy atom. The third-order valence-electron chi connectivity index (χ3n) is 6.50. The van der Waals surface area contributed by atoms with Crippen molar-refractivity contribution < 1.29 is 22.8 Å². The molecule has 8 nitrogen and oxygen atoms in total. The van der Waals surface area contributed by atoms with E-state index in [1.165, 1.54) is 18.3 Å². The maximum absolute atomic E-state index is 13.6. The molecule has 0 bridgehead atoms. The van der Waals surface area contributed by atoms with Gasteiger partial charge in [-0.05, 0) is 64.5 Å². The number of likely N-dealkylation sites (N-methyl/N-ethyl adjacent to an activating group) is 1. The first-order valence-corrected chi connectivity index (χ1v) is 12.9. The van der Waals surface area contributed by atoms with E-state index in [9.17, 15) is 22.8 Å². The molecule has 1 unspecified atom stereocenters. The second-order valence-electron chi connectivity index (χ2n) is 9.87. The van der Waals surface area contributed by atoms with Gasteiger partial charge in [-0.3, -0.25) is 19.9 Å². The molecule has 0 radical (unpaired) electrons. The van der Waals surface area contributed by atoms with Crippen LogP contribution in [0, 0.1) is 6.92 Å². The van der Waals surface area contributed by atoms with Gasteiger partial charge in [-0.25, -0.2) is 4.98 Å². The van der Waals surface area contributed by atoms with E-state index in [2.05, 4.69) is 15.3 Å². The summed E-state index contributed by atoms with van der Waals surface area (Å²) in [4.78, 5) is 38.2. The number of anilines is 1. The largest absolute Gasteiger partial charge is 0.416 e. The molecule has 1 atom stereocenters. The second-order valence-corrected chi connectivity index (χ2v) is 10.3. The van der Waals surface area contributed by atoms with E-state index in [4.69, 9.17) is 11.6 Å². The average Bonchev–Trinajstić information content (AvgIpc) is 3.04. The highest BCUT2D eigenvalue weighted by Gasteiger charge is 2.34. The third kappa shape index (κ3) is 6.77. The lowest BCUT2D eigenvalue weighted by Crippen LogP contribution is -2.34. The quantitative estimate of drug-likeness (QED) is 0.410. The van der Waals surface area contributed by atoms with Gasteiger partial charge in [0.2, 0.25) is 11.9 Å². The van der Waals surface area contributed by atoms with Gasteiger partial charge in [0, 0.05) is 43.2 Å². The first-order chi connectivity index (χ1) is 18.4. The Bertz CT molecular complexity index is 1400. The number of amides is 2. The average molecular weight is 563 g/mol. The van der Waals surface area contributed by atoms with Gasteiger partial charge in [0.1, 0.15) is 0 Å². The zero-order chi connectivity index (χ0) is 28.3. The number of nitrogens with one attached hydrogen (secondary N) is 1. The van der Waals surface area contributed by atoms with Crippen LogP contribution in [0.3, 0.4) is 0 Å². The van der Waals surface area contributed by atoms with Crippen molar-refractivity contribution in [1.29, 1.82) is 0 Å². The van der Waals surface area contributed by atoms with Gasteiger partial charge in [-0.2, -0.15) is 13.2 Å². The maximum Gasteiger partial charge on any atom is 0.416 e. The first kappa shape index (κ1) is 28.6. The van der Waals surface area contributed by atoms with Gasteiger partial charge in [-0.15, -0.1) is 0 Å². The number of imidazole rings is 1. The van der Waals surface area contributed by atoms with Crippen molar-refractivity contribution in [3.63, 3.8) is 0 Å². The Hall–Kier alpha value is -3.44. The molecule has 0 spiro atoms. The van der Waals surface area contributed by atoms with Crippen LogP contribution in [0.5, 0.6) is 0 Å². The van der Waals surface area contributed by atoms with Crippen molar-refractivity contribution in [2.24, 2.45) is 0 Å². The number of benzene rings is 1. The molecule has 12 heteroatoms. The van der Waals surface area contributed by atoms with E-state index < -0.39 is 17.6 Å². The minimum Gasteiger partial charge on any atom is -0.337 e. The van der Waals surface area contributed by atoms with Gasteiger partial charge in [0.25, 0.3) is 5.91 Å². The number of halogens is 4. The number of nitrogens with zero attached hydrogens (tertiary/aromatic N) is 5. The van der Waals surface area contributed by atoms with Crippen LogP contribution in [0.15, 0.2) is 42.6 Å². The molecule has 1 aromatic carbocycles. The Morgan fingerprint density at radius 3 is 2.69 bits per heavy atom. The van der Waals surface area contributed by atoms with Crippen molar-refractivity contribution in [2.45, 2.75) is 38.4 Å². The van der Waals surface area contributed by atoms with Gasteiger partial charge < -0.3 is 14.4 Å². The van der Waals surface area contributed by atoms with Crippen molar-refractivity contribution >= 4 is 40.4 Å². The fourth-order valence-electron chi connectivity index (χ4n) is 4.65. The van der Waals surface area contributed by atoms with Crippen LogP contribution in [0.1, 0.15) is 46.9 Å². The molecule has 1 fully saturated rings. The van der Waals surface area contributed by atoms with Crippen LogP contribution in [0.2, 0.25) is 5.02 Å². The normalized spacial score (nSPS) is 16.7. The number of hydrogen-bond acceptors (Lipinski definition) is 5. The van der Waals surface area contributed by atoms with Crippen molar-refractivity contribution in [3.05, 3.63) is 64.5 Å². The summed E-state index contributed by atoms with van der Waals surface area (Å²) in [6.07, 6.45) is 2.34. The number of aryl methyl sites for hydroxylation is 1. The lowest BCUT2D eigenvalue weighted by Gasteiger charge is -2.26. The maximum atomic E-state index is 13.6. The molecule has 3 aromatic rings. The summed E-state index contributed by atoms with van der Waals surface area (Å²) in [7, 11) is 3.80. The fraction of sp³-hybridized carbons (Fsp3) is 0.407. The highest BCUT2D eigenvalue weighted by molar-refractivity contribution is 6.35. The number of aromatic nitrogens is 3. The number of hydrogen-bond donors (Lipinski definition) is 1. The molecule has 0 aliphatic carbocycles. The molecular formula is C27H30ClF3N6O2. The lowest BCUT2D eigenvalue weighted by atomic mass is 10.1. The molecule has 208 valence electrons. The number of carbonyl (C=O) groups is 2. The Balaban J connectivity index is 1.77. The predicted molar refractivity (Wildman–Crippen MR) is 144 cm³/mol. The van der Waals surface area contributed by atoms with E-state index in [1.54, 1.807) is 28.5 Å². The summed E-state index contributed by atoms with van der Waals surface area (Å²) in [6, 6.07) is 4.54. The molecule has 2 amide bonds. The predicted octanol–water partition coefficient (Wildman–Crippen LogP) is 5.34. The molecule has 1 aliphatic rings. The van der Waals surface area contributed by atoms with Crippen molar-refractivity contribution in [2.75, 3.05) is 39.0 Å². The summed E-state index contributed by atoms with van der Waals surface area (Å²) in [6.45, 7) is 3.18. The standard InChI is InChI=1S/C27H30ClF3N6O2/c1-17-13-18(9-10-32-17)25(39)34-26-33-22-15-19(27(29,30)31)14-21(28)24(22)37(26)20-7-4-5-12-36(16-20)23(38)8-6-11-35(2)3/h6,8-10,13-15,20H,4-5,7,11-12,16H2,1-3H3,(H,33,34,39)/b8-6+. The van der Waals surface area contributed by atoms with E-state index in [0.717, 1.165) is 25.0 Å². The van der Waals surface area contributed by atoms with Gasteiger partial charge >= 0.3 is 6.18 Å². The number of pyridine rings is 1. The number of rotatable bonds is 6. The summed E-state index contributed by atoms with van der Waals surface area (Å²) in [5, 5.41) is 2.62. The number of alkyl halides is 3. The number of fused-ring (bicyclic) bond motifs is 1. The molecule has 3 heterocycles. The van der Waals surface area contributed by atoms with E-state index in [-0.39, 0.29) is 40.5 Å². The minimum absolute atomic E-state index is 0.00374. The van der Waals surface area contributed by atoms with Gasteiger partial charge in [0.05, 0.1) is 27.7 Å². The Morgan fingerprint density at radius 2 is 2.00 bits per heavy atom. The van der Waals surface area contributed by atoms with Crippen molar-refractivity contribution in [3.8, 4) is 0 Å². The molecule has 1 N–H and O–H groups in total. The highest BCUT2D eigenvalue weighted by Crippen LogP contribution is 2.39. The summed E-state index contributed by atoms with van der Waals surface area (Å²) < 4.78 is 42.3. The minimum atomic E-state index is -4.62. The third-order valence-corrected chi connectivity index (χ3v) is 6.79. The van der Waals surface area contributed by atoms with Crippen LogP contribution in [0.25, 0.3) is 11.0 Å². The van der Waals surface area contributed by atoms with Crippen LogP contribution in [-0.2, 0) is 11.0 Å². The lowest BCUT2D eigenvalue weighted by molar-refractivity contribution is -0.137. The van der Waals surface area contributed by atoms with Gasteiger partial charge in [-0.1, -0.05) is 17.7 Å². The summed E-state index contributed by atoms with van der Waals surface area (Å²) in [5.41, 5.74) is 0.300. The Labute approximate surface area is 229 Å². The summed E-state index contributed by atoms with van der Waals surface area (Å²) >= 11 is 6.44. The Kier molecular flexibility index (Phi) is 8.60. The molecular weight excluding hydrogens is 533 g/mol. The number of carbonyl (C=O) groups excluding carboxylic acids is 2. The smallest absolute Gasteiger partial charge is 0.337 e. The zero-order valence-corrected chi connectivity index (χ0v) is 22.7. The SMILES string of the molecule is Cc1cc(C(=O)Nc2nc3cc(C(F)(F)F)cc(Cl)c3n2C2CCCCN(C(=O)/C=C/CN(C)C)C2)ccn1.